The van der Waals surface area contributed by atoms with E-state index >= 15 is 0 Å². The van der Waals surface area contributed by atoms with Gasteiger partial charge in [0.1, 0.15) is 0 Å². The van der Waals surface area contributed by atoms with Crippen molar-refractivity contribution in [2.75, 3.05) is 0 Å². The van der Waals surface area contributed by atoms with Gasteiger partial charge in [-0.1, -0.05) is 13.8 Å². The van der Waals surface area contributed by atoms with Gasteiger partial charge in [-0.3, -0.25) is 0 Å². The molecular formula is C4H14OSi2. The standard InChI is InChI=1S/C4H14OSi2/c1-3-7(5,6)4-2/h5H,3-4H2,1-2,6H3. The van der Waals surface area contributed by atoms with Crippen LogP contribution in [0.25, 0.3) is 0 Å². The van der Waals surface area contributed by atoms with Gasteiger partial charge in [0.2, 0.25) is 0 Å². The van der Waals surface area contributed by atoms with E-state index in [1.807, 2.05) is 0 Å². The summed E-state index contributed by atoms with van der Waals surface area (Å²) in [6, 6.07) is 2.10. The van der Waals surface area contributed by atoms with Gasteiger partial charge in [0.15, 0.2) is 7.83 Å². The molecule has 44 valence electrons. The Hall–Kier alpha value is 0.394. The lowest BCUT2D eigenvalue weighted by Gasteiger charge is -2.13. The minimum absolute atomic E-state index is 1.04. The topological polar surface area (TPSA) is 20.2 Å². The van der Waals surface area contributed by atoms with Crippen molar-refractivity contribution in [3.63, 3.8) is 0 Å². The van der Waals surface area contributed by atoms with Gasteiger partial charge in [-0.25, -0.2) is 0 Å². The van der Waals surface area contributed by atoms with Crippen LogP contribution in [-0.4, -0.2) is 22.4 Å². The van der Waals surface area contributed by atoms with E-state index in [9.17, 15) is 4.80 Å². The van der Waals surface area contributed by atoms with E-state index in [1.165, 1.54) is 0 Å². The van der Waals surface area contributed by atoms with E-state index in [0.29, 0.717) is 0 Å². The van der Waals surface area contributed by atoms with Crippen LogP contribution in [0.5, 0.6) is 0 Å². The molecule has 1 N–H and O–H groups in total. The molecule has 0 heterocycles. The minimum atomic E-state index is -1.51. The molecule has 0 amide bonds. The van der Waals surface area contributed by atoms with Crippen molar-refractivity contribution in [1.29, 1.82) is 0 Å². The third kappa shape index (κ3) is 3.02. The van der Waals surface area contributed by atoms with E-state index < -0.39 is 7.83 Å². The van der Waals surface area contributed by atoms with Crippen LogP contribution in [0, 0.1) is 0 Å². The lowest BCUT2D eigenvalue weighted by molar-refractivity contribution is 0.559. The molecule has 0 aromatic rings. The van der Waals surface area contributed by atoms with Crippen LogP contribution < -0.4 is 0 Å². The summed E-state index contributed by atoms with van der Waals surface area (Å²) >= 11 is 0. The molecule has 0 rings (SSSR count). The van der Waals surface area contributed by atoms with Gasteiger partial charge in [-0.05, 0) is 12.1 Å². The predicted octanol–water partition coefficient (Wildman–Crippen LogP) is -0.174. The first kappa shape index (κ1) is 7.39. The van der Waals surface area contributed by atoms with Gasteiger partial charge in [0.25, 0.3) is 0 Å². The van der Waals surface area contributed by atoms with E-state index in [4.69, 9.17) is 0 Å². The molecule has 0 radical (unpaired) electrons. The van der Waals surface area contributed by atoms with Crippen LogP contribution >= 0.6 is 0 Å². The fourth-order valence-electron chi connectivity index (χ4n) is 0.250. The van der Waals surface area contributed by atoms with E-state index in [2.05, 4.69) is 13.8 Å². The predicted molar refractivity (Wildman–Crippen MR) is 38.9 cm³/mol. The first-order valence-corrected chi connectivity index (χ1v) is 8.71. The molecule has 0 atom stereocenters. The van der Waals surface area contributed by atoms with Crippen LogP contribution in [0.15, 0.2) is 0 Å². The summed E-state index contributed by atoms with van der Waals surface area (Å²) in [5, 5.41) is 0. The Balaban J connectivity index is 3.36. The molecule has 1 nitrogen and oxygen atoms in total. The van der Waals surface area contributed by atoms with Crippen LogP contribution in [0.3, 0.4) is 0 Å². The zero-order valence-corrected chi connectivity index (χ0v) is 8.36. The van der Waals surface area contributed by atoms with Crippen LogP contribution in [0.1, 0.15) is 13.8 Å². The van der Waals surface area contributed by atoms with E-state index in [0.717, 1.165) is 21.8 Å². The lowest BCUT2D eigenvalue weighted by Crippen LogP contribution is -2.32. The summed E-state index contributed by atoms with van der Waals surface area (Å²) in [5.74, 6) is 0. The minimum Gasteiger partial charge on any atom is -0.435 e. The quantitative estimate of drug-likeness (QED) is 0.520. The van der Waals surface area contributed by atoms with Gasteiger partial charge in [-0.2, -0.15) is 0 Å². The number of hydrogen-bond acceptors (Lipinski definition) is 1. The summed E-state index contributed by atoms with van der Waals surface area (Å²) < 4.78 is 0. The SMILES string of the molecule is CC[Si](O)([SiH3])CC. The Bertz CT molecular complexity index is 47.7. The maximum absolute atomic E-state index is 9.33. The normalized spacial score (nSPS) is 12.4. The Kier molecular flexibility index (Phi) is 2.79. The highest BCUT2D eigenvalue weighted by Gasteiger charge is 2.16. The van der Waals surface area contributed by atoms with Crippen molar-refractivity contribution in [2.24, 2.45) is 0 Å². The Labute approximate surface area is 49.1 Å². The fourth-order valence-corrected chi connectivity index (χ4v) is 0.750. The highest BCUT2D eigenvalue weighted by Crippen LogP contribution is 2.03. The van der Waals surface area contributed by atoms with Gasteiger partial charge in [0, 0.05) is 9.76 Å². The molecule has 0 aliphatic heterocycles. The fraction of sp³-hybridized carbons (Fsp3) is 1.00. The first-order valence-electron chi connectivity index (χ1n) is 2.84. The molecule has 7 heavy (non-hydrogen) atoms. The van der Waals surface area contributed by atoms with Crippen LogP contribution in [0.4, 0.5) is 0 Å². The van der Waals surface area contributed by atoms with Gasteiger partial charge in [-0.15, -0.1) is 0 Å². The molecule has 3 heteroatoms. The molecule has 0 aliphatic rings. The maximum Gasteiger partial charge on any atom is 0.164 e. The average molecular weight is 134 g/mol. The Morgan fingerprint density at radius 2 is 1.71 bits per heavy atom. The smallest absolute Gasteiger partial charge is 0.164 e. The third-order valence-electron chi connectivity index (χ3n) is 1.52. The van der Waals surface area contributed by atoms with Crippen molar-refractivity contribution in [1.82, 2.24) is 0 Å². The lowest BCUT2D eigenvalue weighted by atomic mass is 11.0. The van der Waals surface area contributed by atoms with Crippen molar-refractivity contribution < 1.29 is 4.80 Å². The second-order valence-electron chi connectivity index (χ2n) is 2.20. The summed E-state index contributed by atoms with van der Waals surface area (Å²) in [4.78, 5) is 9.33. The molecule has 0 aliphatic carbocycles. The summed E-state index contributed by atoms with van der Waals surface area (Å²) in [5.41, 5.74) is 0. The summed E-state index contributed by atoms with van der Waals surface area (Å²) in [6.07, 6.45) is 0. The zero-order valence-electron chi connectivity index (χ0n) is 5.36. The summed E-state index contributed by atoms with van der Waals surface area (Å²) in [7, 11) is -0.468. The first-order chi connectivity index (χ1) is 3.12. The van der Waals surface area contributed by atoms with E-state index in [1.54, 1.807) is 0 Å². The highest BCUT2D eigenvalue weighted by molar-refractivity contribution is 7.12. The second kappa shape index (κ2) is 2.64. The largest absolute Gasteiger partial charge is 0.435 e. The zero-order chi connectivity index (χ0) is 5.91. The number of rotatable bonds is 2. The average Bonchev–Trinajstić information content (AvgIpc) is 1.68. The van der Waals surface area contributed by atoms with Crippen molar-refractivity contribution >= 4 is 17.6 Å². The maximum atomic E-state index is 9.33. The number of hydrogen-bond donors (Lipinski definition) is 1. The molecule has 0 saturated heterocycles. The van der Waals surface area contributed by atoms with Crippen molar-refractivity contribution in [3.8, 4) is 0 Å². The molecule has 0 unspecified atom stereocenters. The Morgan fingerprint density at radius 3 is 1.71 bits per heavy atom. The second-order valence-corrected chi connectivity index (χ2v) is 12.2. The summed E-state index contributed by atoms with van der Waals surface area (Å²) in [6.45, 7) is 4.17. The molecule has 0 aromatic heterocycles. The van der Waals surface area contributed by atoms with Crippen molar-refractivity contribution in [2.45, 2.75) is 25.9 Å². The van der Waals surface area contributed by atoms with Gasteiger partial charge < -0.3 is 4.80 Å². The van der Waals surface area contributed by atoms with Crippen LogP contribution in [0.2, 0.25) is 12.1 Å². The van der Waals surface area contributed by atoms with Crippen LogP contribution in [-0.2, 0) is 0 Å². The molecule has 0 fully saturated rings. The van der Waals surface area contributed by atoms with Crippen molar-refractivity contribution in [3.05, 3.63) is 0 Å². The van der Waals surface area contributed by atoms with Gasteiger partial charge >= 0.3 is 0 Å². The van der Waals surface area contributed by atoms with Gasteiger partial charge in [0.05, 0.1) is 0 Å². The molecule has 0 aromatic carbocycles. The molecule has 0 spiro atoms. The Morgan fingerprint density at radius 1 is 1.43 bits per heavy atom. The monoisotopic (exact) mass is 134 g/mol. The molecule has 0 saturated carbocycles. The highest BCUT2D eigenvalue weighted by atomic mass is 29.2. The molecular weight excluding hydrogens is 120 g/mol. The van der Waals surface area contributed by atoms with E-state index in [-0.39, 0.29) is 0 Å². The third-order valence-corrected chi connectivity index (χ3v) is 8.81. The molecule has 0 bridgehead atoms.